The maximum absolute atomic E-state index is 13.8. The molecule has 1 amide bonds. The molecule has 130 valence electrons. The van der Waals surface area contributed by atoms with Crippen LogP contribution >= 0.6 is 0 Å². The molecule has 5 heteroatoms. The number of carbonyl (C=O) groups is 1. The number of piperidine rings is 1. The minimum absolute atomic E-state index is 0.0178. The maximum Gasteiger partial charge on any atom is 0.248 e. The normalized spacial score (nSPS) is 21.8. The van der Waals surface area contributed by atoms with Crippen molar-refractivity contribution in [1.82, 2.24) is 4.90 Å². The van der Waals surface area contributed by atoms with E-state index in [0.717, 1.165) is 30.4 Å². The molecule has 1 fully saturated rings. The molecule has 1 aromatic rings. The molecule has 1 unspecified atom stereocenters. The first-order valence-corrected chi connectivity index (χ1v) is 8.39. The number of nitrogens with zero attached hydrogens (tertiary/aromatic N) is 1. The monoisotopic (exact) mass is 333 g/mol. The highest BCUT2D eigenvalue weighted by Gasteiger charge is 2.46. The molecule has 1 heterocycles. The first-order valence-electron chi connectivity index (χ1n) is 8.39. The quantitative estimate of drug-likeness (QED) is 0.778. The molecular formula is C19H24FNO3. The Morgan fingerprint density at radius 1 is 1.46 bits per heavy atom. The summed E-state index contributed by atoms with van der Waals surface area (Å²) in [5, 5.41) is 0. The van der Waals surface area contributed by atoms with Crippen LogP contribution in [-0.2, 0) is 19.7 Å². The molecule has 1 aliphatic carbocycles. The van der Waals surface area contributed by atoms with Crippen LogP contribution in [0.3, 0.4) is 0 Å². The third-order valence-electron chi connectivity index (χ3n) is 5.27. The van der Waals surface area contributed by atoms with Crippen molar-refractivity contribution in [2.24, 2.45) is 0 Å². The van der Waals surface area contributed by atoms with Crippen molar-refractivity contribution >= 4 is 5.91 Å². The van der Waals surface area contributed by atoms with Gasteiger partial charge in [-0.05, 0) is 42.5 Å². The number of amides is 1. The summed E-state index contributed by atoms with van der Waals surface area (Å²) in [5.41, 5.74) is 2.03. The predicted molar refractivity (Wildman–Crippen MR) is 89.3 cm³/mol. The van der Waals surface area contributed by atoms with Gasteiger partial charge in [-0.2, -0.15) is 0 Å². The second kappa shape index (κ2) is 7.03. The Kier molecular flexibility index (Phi) is 5.01. The van der Waals surface area contributed by atoms with Crippen LogP contribution < -0.4 is 0 Å². The molecule has 0 saturated carbocycles. The fourth-order valence-corrected chi connectivity index (χ4v) is 4.05. The number of hydrogen-bond donors (Lipinski definition) is 0. The summed E-state index contributed by atoms with van der Waals surface area (Å²) in [6, 6.07) is 4.99. The van der Waals surface area contributed by atoms with Gasteiger partial charge in [0.1, 0.15) is 12.4 Å². The summed E-state index contributed by atoms with van der Waals surface area (Å²) in [6.45, 7) is 5.64. The van der Waals surface area contributed by atoms with Gasteiger partial charge in [0.05, 0.1) is 12.7 Å². The van der Waals surface area contributed by atoms with Gasteiger partial charge in [0.15, 0.2) is 0 Å². The van der Waals surface area contributed by atoms with E-state index in [1.54, 1.807) is 12.1 Å². The van der Waals surface area contributed by atoms with Crippen LogP contribution in [0.1, 0.15) is 36.5 Å². The minimum Gasteiger partial charge on any atom is -0.375 e. The molecule has 0 aromatic heterocycles. The van der Waals surface area contributed by atoms with E-state index in [0.29, 0.717) is 19.7 Å². The number of halogens is 1. The first kappa shape index (κ1) is 17.1. The van der Waals surface area contributed by atoms with Crippen LogP contribution in [0, 0.1) is 5.82 Å². The minimum atomic E-state index is -0.213. The second-order valence-corrected chi connectivity index (χ2v) is 6.64. The van der Waals surface area contributed by atoms with Gasteiger partial charge in [-0.15, -0.1) is 6.58 Å². The highest BCUT2D eigenvalue weighted by atomic mass is 19.1. The molecule has 4 nitrogen and oxygen atoms in total. The van der Waals surface area contributed by atoms with E-state index in [1.165, 1.54) is 13.2 Å². The van der Waals surface area contributed by atoms with Crippen molar-refractivity contribution < 1.29 is 18.7 Å². The van der Waals surface area contributed by atoms with Crippen molar-refractivity contribution in [3.8, 4) is 0 Å². The highest BCUT2D eigenvalue weighted by Crippen LogP contribution is 2.52. The Balaban J connectivity index is 1.81. The lowest BCUT2D eigenvalue weighted by Gasteiger charge is -2.40. The molecule has 1 aromatic carbocycles. The average Bonchev–Trinajstić information content (AvgIpc) is 2.87. The molecule has 1 aliphatic heterocycles. The summed E-state index contributed by atoms with van der Waals surface area (Å²) in [5.74, 6) is -0.195. The second-order valence-electron chi connectivity index (χ2n) is 6.64. The number of methoxy groups -OCH3 is 1. The van der Waals surface area contributed by atoms with Gasteiger partial charge >= 0.3 is 0 Å². The largest absolute Gasteiger partial charge is 0.375 e. The number of ether oxygens (including phenoxy) is 2. The molecular weight excluding hydrogens is 309 g/mol. The summed E-state index contributed by atoms with van der Waals surface area (Å²) in [7, 11) is 1.53. The number of benzene rings is 1. The van der Waals surface area contributed by atoms with Crippen molar-refractivity contribution in [1.29, 1.82) is 0 Å². The zero-order valence-electron chi connectivity index (χ0n) is 14.1. The first-order chi connectivity index (χ1) is 11.6. The molecule has 2 aliphatic rings. The van der Waals surface area contributed by atoms with E-state index in [-0.39, 0.29) is 29.9 Å². The molecule has 1 saturated heterocycles. The predicted octanol–water partition coefficient (Wildman–Crippen LogP) is 2.98. The van der Waals surface area contributed by atoms with Gasteiger partial charge in [-0.1, -0.05) is 12.1 Å². The zero-order valence-corrected chi connectivity index (χ0v) is 14.1. The van der Waals surface area contributed by atoms with E-state index >= 15 is 0 Å². The van der Waals surface area contributed by atoms with Crippen molar-refractivity contribution in [2.45, 2.75) is 30.8 Å². The van der Waals surface area contributed by atoms with Crippen LogP contribution in [0.15, 0.2) is 30.9 Å². The molecule has 1 atom stereocenters. The molecule has 24 heavy (non-hydrogen) atoms. The maximum atomic E-state index is 13.8. The Morgan fingerprint density at radius 3 is 2.88 bits per heavy atom. The van der Waals surface area contributed by atoms with E-state index < -0.39 is 0 Å². The zero-order chi connectivity index (χ0) is 17.2. The van der Waals surface area contributed by atoms with E-state index in [2.05, 4.69) is 6.58 Å². The molecule has 3 rings (SSSR count). The number of carbonyl (C=O) groups excluding carboxylic acids is 1. The standard InChI is InChI=1S/C19H24FNO3/c1-3-10-24-17-12-19(16-11-14(20)4-5-15(16)17)6-8-21(9-7-19)18(22)13-23-2/h3-5,11,17H,1,6-10,12-13H2,2H3. The van der Waals surface area contributed by atoms with Crippen LogP contribution in [0.25, 0.3) is 0 Å². The summed E-state index contributed by atoms with van der Waals surface area (Å²) >= 11 is 0. The SMILES string of the molecule is C=CCOC1CC2(CCN(C(=O)COC)CC2)c2cc(F)ccc21. The number of rotatable bonds is 5. The van der Waals surface area contributed by atoms with E-state index in [1.807, 2.05) is 11.0 Å². The van der Waals surface area contributed by atoms with Crippen LogP contribution in [-0.4, -0.2) is 44.2 Å². The smallest absolute Gasteiger partial charge is 0.248 e. The highest BCUT2D eigenvalue weighted by molar-refractivity contribution is 5.77. The van der Waals surface area contributed by atoms with E-state index in [4.69, 9.17) is 9.47 Å². The Morgan fingerprint density at radius 2 is 2.21 bits per heavy atom. The number of likely N-dealkylation sites (tertiary alicyclic amines) is 1. The number of fused-ring (bicyclic) bond motifs is 2. The van der Waals surface area contributed by atoms with Gasteiger partial charge in [0.2, 0.25) is 5.91 Å². The van der Waals surface area contributed by atoms with Crippen molar-refractivity contribution in [3.05, 3.63) is 47.8 Å². The van der Waals surface area contributed by atoms with Gasteiger partial charge < -0.3 is 14.4 Å². The van der Waals surface area contributed by atoms with E-state index in [9.17, 15) is 9.18 Å². The van der Waals surface area contributed by atoms with Crippen LogP contribution in [0.4, 0.5) is 4.39 Å². The van der Waals surface area contributed by atoms with Gasteiger partial charge in [-0.25, -0.2) is 4.39 Å². The summed E-state index contributed by atoms with van der Waals surface area (Å²) in [6.07, 6.45) is 4.20. The van der Waals surface area contributed by atoms with Crippen LogP contribution in [0.2, 0.25) is 0 Å². The Hall–Kier alpha value is -1.72. The van der Waals surface area contributed by atoms with Crippen molar-refractivity contribution in [2.75, 3.05) is 33.4 Å². The van der Waals surface area contributed by atoms with Gasteiger partial charge in [-0.3, -0.25) is 4.79 Å². The fourth-order valence-electron chi connectivity index (χ4n) is 4.05. The van der Waals surface area contributed by atoms with Gasteiger partial charge in [0.25, 0.3) is 0 Å². The molecule has 0 N–H and O–H groups in total. The lowest BCUT2D eigenvalue weighted by Crippen LogP contribution is -2.45. The third kappa shape index (κ3) is 3.10. The summed E-state index contributed by atoms with van der Waals surface area (Å²) in [4.78, 5) is 13.9. The molecule has 1 spiro atoms. The number of hydrogen-bond acceptors (Lipinski definition) is 3. The fraction of sp³-hybridized carbons (Fsp3) is 0.526. The Labute approximate surface area is 142 Å². The van der Waals surface area contributed by atoms with Crippen LogP contribution in [0.5, 0.6) is 0 Å². The molecule has 0 radical (unpaired) electrons. The molecule has 0 bridgehead atoms. The lowest BCUT2D eigenvalue weighted by molar-refractivity contribution is -0.136. The lowest BCUT2D eigenvalue weighted by atomic mass is 9.73. The summed E-state index contributed by atoms with van der Waals surface area (Å²) < 4.78 is 24.7. The third-order valence-corrected chi connectivity index (χ3v) is 5.27. The topological polar surface area (TPSA) is 38.8 Å². The Bertz CT molecular complexity index is 623. The van der Waals surface area contributed by atoms with Crippen molar-refractivity contribution in [3.63, 3.8) is 0 Å². The average molecular weight is 333 g/mol. The van der Waals surface area contributed by atoms with Gasteiger partial charge in [0, 0.05) is 25.6 Å².